The molecule has 1 fully saturated rings. The Bertz CT molecular complexity index is 842. The van der Waals surface area contributed by atoms with Crippen LogP contribution < -0.4 is 0 Å². The molecule has 2 aromatic carbocycles. The van der Waals surface area contributed by atoms with Gasteiger partial charge in [-0.25, -0.2) is 0 Å². The van der Waals surface area contributed by atoms with Gasteiger partial charge in [-0.15, -0.1) is 0 Å². The standard InChI is InChI=1S/C24H30N2O2/c1-25(13-14-27)24(28)22-6-4-5-18(16-22)19-7-8-21-17-23(10-9-20(21)15-19)26-11-2-3-12-26/h4-8,15-16,23,27H,2-3,9-14,17H2,1H3. The summed E-state index contributed by atoms with van der Waals surface area (Å²) in [7, 11) is 1.72. The minimum absolute atomic E-state index is 0.0226. The predicted molar refractivity (Wildman–Crippen MR) is 113 cm³/mol. The fourth-order valence-electron chi connectivity index (χ4n) is 4.64. The molecule has 0 aromatic heterocycles. The van der Waals surface area contributed by atoms with E-state index in [1.807, 2.05) is 18.2 Å². The normalized spacial score (nSPS) is 19.4. The second kappa shape index (κ2) is 8.46. The Morgan fingerprint density at radius 1 is 1.11 bits per heavy atom. The number of carbonyl (C=O) groups excluding carboxylic acids is 1. The van der Waals surface area contributed by atoms with E-state index in [0.29, 0.717) is 18.2 Å². The Morgan fingerprint density at radius 2 is 1.89 bits per heavy atom. The highest BCUT2D eigenvalue weighted by Gasteiger charge is 2.26. The van der Waals surface area contributed by atoms with Crippen molar-refractivity contribution in [3.05, 3.63) is 59.2 Å². The molecule has 1 unspecified atom stereocenters. The average molecular weight is 379 g/mol. The monoisotopic (exact) mass is 378 g/mol. The molecular weight excluding hydrogens is 348 g/mol. The lowest BCUT2D eigenvalue weighted by Crippen LogP contribution is -2.37. The smallest absolute Gasteiger partial charge is 0.253 e. The molecule has 1 atom stereocenters. The first-order valence-electron chi connectivity index (χ1n) is 10.5. The summed E-state index contributed by atoms with van der Waals surface area (Å²) in [6.45, 7) is 2.86. The van der Waals surface area contributed by atoms with E-state index in [4.69, 9.17) is 5.11 Å². The van der Waals surface area contributed by atoms with E-state index in [2.05, 4.69) is 29.2 Å². The molecule has 4 heteroatoms. The van der Waals surface area contributed by atoms with E-state index in [1.165, 1.54) is 55.5 Å². The lowest BCUT2D eigenvalue weighted by Gasteiger charge is -2.32. The van der Waals surface area contributed by atoms with Gasteiger partial charge in [0, 0.05) is 25.2 Å². The predicted octanol–water partition coefficient (Wildman–Crippen LogP) is 3.37. The van der Waals surface area contributed by atoms with Crippen LogP contribution in [-0.2, 0) is 12.8 Å². The minimum atomic E-state index is -0.0534. The van der Waals surface area contributed by atoms with E-state index in [-0.39, 0.29) is 12.5 Å². The third-order valence-electron chi connectivity index (χ3n) is 6.29. The number of nitrogens with zero attached hydrogens (tertiary/aromatic N) is 2. The van der Waals surface area contributed by atoms with Gasteiger partial charge in [-0.3, -0.25) is 4.79 Å². The second-order valence-electron chi connectivity index (χ2n) is 8.15. The van der Waals surface area contributed by atoms with Gasteiger partial charge < -0.3 is 14.9 Å². The molecule has 1 saturated heterocycles. The van der Waals surface area contributed by atoms with Crippen LogP contribution in [0, 0.1) is 0 Å². The molecule has 28 heavy (non-hydrogen) atoms. The van der Waals surface area contributed by atoms with Crippen molar-refractivity contribution in [1.82, 2.24) is 9.80 Å². The summed E-state index contributed by atoms with van der Waals surface area (Å²) in [5.74, 6) is -0.0534. The molecule has 1 heterocycles. The third-order valence-corrected chi connectivity index (χ3v) is 6.29. The van der Waals surface area contributed by atoms with Crippen molar-refractivity contribution in [3.63, 3.8) is 0 Å². The number of benzene rings is 2. The molecule has 1 amide bonds. The molecule has 0 bridgehead atoms. The Hall–Kier alpha value is -2.17. The van der Waals surface area contributed by atoms with Crippen molar-refractivity contribution in [1.29, 1.82) is 0 Å². The fourth-order valence-corrected chi connectivity index (χ4v) is 4.64. The molecular formula is C24H30N2O2. The number of carbonyl (C=O) groups is 1. The lowest BCUT2D eigenvalue weighted by molar-refractivity contribution is 0.0767. The van der Waals surface area contributed by atoms with E-state index in [0.717, 1.165) is 12.0 Å². The summed E-state index contributed by atoms with van der Waals surface area (Å²) in [5, 5.41) is 9.07. The fraction of sp³-hybridized carbons (Fsp3) is 0.458. The highest BCUT2D eigenvalue weighted by Crippen LogP contribution is 2.31. The van der Waals surface area contributed by atoms with Gasteiger partial charge in [-0.05, 0) is 79.6 Å². The summed E-state index contributed by atoms with van der Waals surface area (Å²) in [5.41, 5.74) is 5.87. The molecule has 0 spiro atoms. The highest BCUT2D eigenvalue weighted by molar-refractivity contribution is 5.95. The van der Waals surface area contributed by atoms with Crippen LogP contribution >= 0.6 is 0 Å². The van der Waals surface area contributed by atoms with Gasteiger partial charge in [0.2, 0.25) is 0 Å². The van der Waals surface area contributed by atoms with E-state index in [1.54, 1.807) is 11.9 Å². The molecule has 0 saturated carbocycles. The van der Waals surface area contributed by atoms with Gasteiger partial charge in [0.1, 0.15) is 0 Å². The van der Waals surface area contributed by atoms with E-state index < -0.39 is 0 Å². The number of aliphatic hydroxyl groups excluding tert-OH is 1. The number of hydrogen-bond acceptors (Lipinski definition) is 3. The zero-order valence-electron chi connectivity index (χ0n) is 16.7. The topological polar surface area (TPSA) is 43.8 Å². The third kappa shape index (κ3) is 3.98. The molecule has 4 rings (SSSR count). The molecule has 2 aliphatic rings. The summed E-state index contributed by atoms with van der Waals surface area (Å²) >= 11 is 0. The Balaban J connectivity index is 1.53. The largest absolute Gasteiger partial charge is 0.395 e. The highest BCUT2D eigenvalue weighted by atomic mass is 16.3. The van der Waals surface area contributed by atoms with Crippen LogP contribution in [0.25, 0.3) is 11.1 Å². The zero-order chi connectivity index (χ0) is 19.5. The van der Waals surface area contributed by atoms with Crippen LogP contribution in [-0.4, -0.2) is 60.1 Å². The molecule has 4 nitrogen and oxygen atoms in total. The number of aryl methyl sites for hydroxylation is 1. The Kier molecular flexibility index (Phi) is 5.79. The van der Waals surface area contributed by atoms with Crippen molar-refractivity contribution in [2.45, 2.75) is 38.1 Å². The van der Waals surface area contributed by atoms with Gasteiger partial charge in [-0.2, -0.15) is 0 Å². The zero-order valence-corrected chi connectivity index (χ0v) is 16.7. The molecule has 0 radical (unpaired) electrons. The van der Waals surface area contributed by atoms with Gasteiger partial charge >= 0.3 is 0 Å². The van der Waals surface area contributed by atoms with Gasteiger partial charge in [0.05, 0.1) is 6.61 Å². The summed E-state index contributed by atoms with van der Waals surface area (Å²) < 4.78 is 0. The van der Waals surface area contributed by atoms with Gasteiger partial charge in [-0.1, -0.05) is 30.3 Å². The summed E-state index contributed by atoms with van der Waals surface area (Å²) in [6.07, 6.45) is 6.26. The average Bonchev–Trinajstić information content (AvgIpc) is 3.27. The first-order chi connectivity index (χ1) is 13.7. The number of hydrogen-bond donors (Lipinski definition) is 1. The number of aliphatic hydroxyl groups is 1. The number of fused-ring (bicyclic) bond motifs is 1. The minimum Gasteiger partial charge on any atom is -0.395 e. The first kappa shape index (κ1) is 19.2. The quantitative estimate of drug-likeness (QED) is 0.868. The molecule has 148 valence electrons. The van der Waals surface area contributed by atoms with Crippen molar-refractivity contribution in [3.8, 4) is 11.1 Å². The maximum absolute atomic E-state index is 12.5. The number of rotatable bonds is 5. The molecule has 1 N–H and O–H groups in total. The van der Waals surface area contributed by atoms with Crippen molar-refractivity contribution in [2.24, 2.45) is 0 Å². The molecule has 2 aromatic rings. The SMILES string of the molecule is CN(CCO)C(=O)c1cccc(-c2ccc3c(c2)CCC(N2CCCC2)C3)c1. The number of likely N-dealkylation sites (tertiary alicyclic amines) is 1. The number of amides is 1. The van der Waals surface area contributed by atoms with E-state index in [9.17, 15) is 4.79 Å². The van der Waals surface area contributed by atoms with Crippen LogP contribution in [0.5, 0.6) is 0 Å². The molecule has 1 aliphatic heterocycles. The second-order valence-corrected chi connectivity index (χ2v) is 8.15. The number of likely N-dealkylation sites (N-methyl/N-ethyl adjacent to an activating group) is 1. The lowest BCUT2D eigenvalue weighted by atomic mass is 9.85. The summed E-state index contributed by atoms with van der Waals surface area (Å²) in [6, 6.07) is 15.3. The van der Waals surface area contributed by atoms with Crippen LogP contribution in [0.2, 0.25) is 0 Å². The van der Waals surface area contributed by atoms with Crippen LogP contribution in [0.3, 0.4) is 0 Å². The van der Waals surface area contributed by atoms with Crippen molar-refractivity contribution >= 4 is 5.91 Å². The first-order valence-corrected chi connectivity index (χ1v) is 10.5. The maximum Gasteiger partial charge on any atom is 0.253 e. The van der Waals surface area contributed by atoms with Gasteiger partial charge in [0.25, 0.3) is 5.91 Å². The van der Waals surface area contributed by atoms with Crippen molar-refractivity contribution < 1.29 is 9.90 Å². The van der Waals surface area contributed by atoms with Gasteiger partial charge in [0.15, 0.2) is 0 Å². The summed E-state index contributed by atoms with van der Waals surface area (Å²) in [4.78, 5) is 16.8. The Labute approximate surface area is 167 Å². The van der Waals surface area contributed by atoms with Crippen LogP contribution in [0.4, 0.5) is 0 Å². The Morgan fingerprint density at radius 3 is 2.68 bits per heavy atom. The van der Waals surface area contributed by atoms with Crippen LogP contribution in [0.15, 0.2) is 42.5 Å². The maximum atomic E-state index is 12.5. The molecule has 1 aliphatic carbocycles. The van der Waals surface area contributed by atoms with Crippen molar-refractivity contribution in [2.75, 3.05) is 33.3 Å². The van der Waals surface area contributed by atoms with E-state index >= 15 is 0 Å². The van der Waals surface area contributed by atoms with Crippen LogP contribution in [0.1, 0.15) is 40.7 Å².